The maximum absolute atomic E-state index is 13.5. The van der Waals surface area contributed by atoms with Crippen molar-refractivity contribution < 1.29 is 8.81 Å². The van der Waals surface area contributed by atoms with E-state index in [2.05, 4.69) is 50.0 Å². The van der Waals surface area contributed by atoms with E-state index in [1.165, 1.54) is 17.7 Å². The fraction of sp³-hybridized carbons (Fsp3) is 0.174. The minimum Gasteiger partial charge on any atom is -0.455 e. The molecular weight excluding hydrogens is 325 g/mol. The van der Waals surface area contributed by atoms with E-state index < -0.39 is 0 Å². The van der Waals surface area contributed by atoms with Crippen LogP contribution in [0.5, 0.6) is 0 Å². The Balaban J connectivity index is 1.81. The van der Waals surface area contributed by atoms with Gasteiger partial charge in [-0.25, -0.2) is 4.39 Å². The summed E-state index contributed by atoms with van der Waals surface area (Å²) in [5.41, 5.74) is 4.86. The summed E-state index contributed by atoms with van der Waals surface area (Å²) in [6.45, 7) is 6.59. The van der Waals surface area contributed by atoms with Crippen molar-refractivity contribution in [2.45, 2.75) is 26.2 Å². The molecule has 26 heavy (non-hydrogen) atoms. The van der Waals surface area contributed by atoms with Gasteiger partial charge in [-0.05, 0) is 34.7 Å². The van der Waals surface area contributed by atoms with Crippen LogP contribution in [0.15, 0.2) is 71.4 Å². The number of nitrogens with zero attached hydrogens (tertiary/aromatic N) is 1. The van der Waals surface area contributed by atoms with Crippen LogP contribution in [0, 0.1) is 5.82 Å². The quantitative estimate of drug-likeness (QED) is 0.409. The first kappa shape index (κ1) is 16.5. The van der Waals surface area contributed by atoms with Crippen LogP contribution >= 0.6 is 0 Å². The highest BCUT2D eigenvalue weighted by Gasteiger charge is 2.15. The Hall–Kier alpha value is -2.94. The molecule has 2 heterocycles. The van der Waals surface area contributed by atoms with Crippen molar-refractivity contribution >= 4 is 11.0 Å². The third-order valence-electron chi connectivity index (χ3n) is 4.59. The van der Waals surface area contributed by atoms with E-state index in [4.69, 9.17) is 4.42 Å². The molecule has 0 aliphatic carbocycles. The Bertz CT molecular complexity index is 1070. The lowest BCUT2D eigenvalue weighted by atomic mass is 9.86. The molecular formula is C23H20FNO. The van der Waals surface area contributed by atoms with Crippen LogP contribution in [0.25, 0.3) is 33.4 Å². The Morgan fingerprint density at radius 2 is 1.65 bits per heavy atom. The Labute approximate surface area is 152 Å². The Morgan fingerprint density at radius 1 is 0.885 bits per heavy atom. The fourth-order valence-corrected chi connectivity index (χ4v) is 3.10. The zero-order valence-electron chi connectivity index (χ0n) is 15.1. The topological polar surface area (TPSA) is 26.0 Å². The third-order valence-corrected chi connectivity index (χ3v) is 4.59. The lowest BCUT2D eigenvalue weighted by Gasteiger charge is -2.19. The van der Waals surface area contributed by atoms with Crippen LogP contribution in [-0.2, 0) is 5.41 Å². The van der Waals surface area contributed by atoms with Gasteiger partial charge in [0.05, 0.1) is 0 Å². The number of rotatable bonds is 2. The van der Waals surface area contributed by atoms with E-state index in [1.54, 1.807) is 12.3 Å². The molecule has 0 amide bonds. The van der Waals surface area contributed by atoms with E-state index in [0.29, 0.717) is 5.76 Å². The lowest BCUT2D eigenvalue weighted by molar-refractivity contribution is 0.590. The molecule has 4 rings (SSSR count). The molecule has 0 saturated heterocycles. The summed E-state index contributed by atoms with van der Waals surface area (Å²) in [4.78, 5) is 4.35. The van der Waals surface area contributed by atoms with Gasteiger partial charge in [0.1, 0.15) is 17.2 Å². The highest BCUT2D eigenvalue weighted by molar-refractivity contribution is 5.94. The van der Waals surface area contributed by atoms with Crippen LogP contribution in [0.3, 0.4) is 0 Å². The van der Waals surface area contributed by atoms with Gasteiger partial charge >= 0.3 is 0 Å². The van der Waals surface area contributed by atoms with Crippen LogP contribution in [0.2, 0.25) is 0 Å². The summed E-state index contributed by atoms with van der Waals surface area (Å²) in [6, 6.07) is 16.8. The van der Waals surface area contributed by atoms with Gasteiger partial charge in [-0.15, -0.1) is 0 Å². The number of aromatic nitrogens is 1. The molecule has 4 aromatic rings. The average molecular weight is 345 g/mol. The minimum absolute atomic E-state index is 0.109. The monoisotopic (exact) mass is 345 g/mol. The number of benzene rings is 2. The summed E-state index contributed by atoms with van der Waals surface area (Å²) in [6.07, 6.45) is 3.59. The predicted octanol–water partition coefficient (Wildman–Crippen LogP) is 6.60. The second-order valence-corrected chi connectivity index (χ2v) is 7.55. The molecule has 0 aliphatic heterocycles. The molecule has 3 heteroatoms. The molecule has 0 spiro atoms. The predicted molar refractivity (Wildman–Crippen MR) is 104 cm³/mol. The van der Waals surface area contributed by atoms with Gasteiger partial charge < -0.3 is 4.42 Å². The molecule has 0 radical (unpaired) electrons. The zero-order valence-corrected chi connectivity index (χ0v) is 15.1. The van der Waals surface area contributed by atoms with Crippen molar-refractivity contribution in [2.24, 2.45) is 0 Å². The number of furan rings is 1. The Morgan fingerprint density at radius 3 is 2.35 bits per heavy atom. The summed E-state index contributed by atoms with van der Waals surface area (Å²) in [7, 11) is 0. The number of fused-ring (bicyclic) bond motifs is 1. The van der Waals surface area contributed by atoms with Gasteiger partial charge in [0, 0.05) is 28.9 Å². The standard InChI is InChI=1S/C23H20FNO/c1-23(2,3)18-9-7-15(8-10-18)20-14-25-13-17-12-21(26-22(17)20)16-5-4-6-19(24)11-16/h4-14H,1-3H3. The van der Waals surface area contributed by atoms with E-state index >= 15 is 0 Å². The van der Waals surface area contributed by atoms with Crippen molar-refractivity contribution in [3.63, 3.8) is 0 Å². The minimum atomic E-state index is -0.279. The summed E-state index contributed by atoms with van der Waals surface area (Å²) in [5, 5.41) is 0.904. The van der Waals surface area contributed by atoms with E-state index in [0.717, 1.165) is 27.7 Å². The SMILES string of the molecule is CC(C)(C)c1ccc(-c2cncc3cc(-c4cccc(F)c4)oc23)cc1. The van der Waals surface area contributed by atoms with Crippen molar-refractivity contribution in [3.05, 3.63) is 78.4 Å². The second-order valence-electron chi connectivity index (χ2n) is 7.55. The molecule has 0 N–H and O–H groups in total. The maximum atomic E-state index is 13.5. The molecule has 0 aliphatic rings. The molecule has 0 saturated carbocycles. The highest BCUT2D eigenvalue weighted by atomic mass is 19.1. The third kappa shape index (κ3) is 3.01. The molecule has 2 aromatic carbocycles. The van der Waals surface area contributed by atoms with Gasteiger partial charge in [-0.2, -0.15) is 0 Å². The second kappa shape index (κ2) is 6.10. The lowest BCUT2D eigenvalue weighted by Crippen LogP contribution is -2.10. The molecule has 130 valence electrons. The smallest absolute Gasteiger partial charge is 0.145 e. The number of pyridine rings is 1. The highest BCUT2D eigenvalue weighted by Crippen LogP contribution is 2.35. The van der Waals surface area contributed by atoms with Crippen LogP contribution in [0.1, 0.15) is 26.3 Å². The summed E-state index contributed by atoms with van der Waals surface area (Å²) >= 11 is 0. The van der Waals surface area contributed by atoms with Crippen molar-refractivity contribution in [1.29, 1.82) is 0 Å². The first-order chi connectivity index (χ1) is 12.4. The normalized spacial score (nSPS) is 11.8. The van der Waals surface area contributed by atoms with Crippen LogP contribution in [-0.4, -0.2) is 4.98 Å². The van der Waals surface area contributed by atoms with E-state index in [9.17, 15) is 4.39 Å². The van der Waals surface area contributed by atoms with E-state index in [-0.39, 0.29) is 11.2 Å². The maximum Gasteiger partial charge on any atom is 0.145 e. The average Bonchev–Trinajstić information content (AvgIpc) is 3.05. The van der Waals surface area contributed by atoms with Gasteiger partial charge in [0.2, 0.25) is 0 Å². The molecule has 2 nitrogen and oxygen atoms in total. The van der Waals surface area contributed by atoms with Crippen molar-refractivity contribution in [3.8, 4) is 22.5 Å². The molecule has 0 fully saturated rings. The number of halogens is 1. The molecule has 0 atom stereocenters. The van der Waals surface area contributed by atoms with Gasteiger partial charge in [0.15, 0.2) is 0 Å². The Kier molecular flexibility index (Phi) is 3.87. The summed E-state index contributed by atoms with van der Waals surface area (Å²) < 4.78 is 19.6. The summed E-state index contributed by atoms with van der Waals surface area (Å²) in [5.74, 6) is 0.360. The van der Waals surface area contributed by atoms with Crippen LogP contribution < -0.4 is 0 Å². The first-order valence-corrected chi connectivity index (χ1v) is 8.66. The fourth-order valence-electron chi connectivity index (χ4n) is 3.10. The largest absolute Gasteiger partial charge is 0.455 e. The zero-order chi connectivity index (χ0) is 18.3. The molecule has 0 unspecified atom stereocenters. The first-order valence-electron chi connectivity index (χ1n) is 8.66. The number of hydrogen-bond donors (Lipinski definition) is 0. The van der Waals surface area contributed by atoms with Crippen molar-refractivity contribution in [1.82, 2.24) is 4.98 Å². The molecule has 2 aromatic heterocycles. The van der Waals surface area contributed by atoms with Gasteiger partial charge in [-0.3, -0.25) is 4.98 Å². The van der Waals surface area contributed by atoms with Crippen molar-refractivity contribution in [2.75, 3.05) is 0 Å². The van der Waals surface area contributed by atoms with Gasteiger partial charge in [-0.1, -0.05) is 57.2 Å². The number of hydrogen-bond acceptors (Lipinski definition) is 2. The van der Waals surface area contributed by atoms with E-state index in [1.807, 2.05) is 18.3 Å². The molecule has 0 bridgehead atoms. The van der Waals surface area contributed by atoms with Gasteiger partial charge in [0.25, 0.3) is 0 Å². The van der Waals surface area contributed by atoms with Crippen LogP contribution in [0.4, 0.5) is 4.39 Å².